The highest BCUT2D eigenvalue weighted by molar-refractivity contribution is 7.99. The highest BCUT2D eigenvalue weighted by atomic mass is 32.2. The summed E-state index contributed by atoms with van der Waals surface area (Å²) in [6.07, 6.45) is 1.76. The molecular weight excluding hydrogens is 222 g/mol. The SMILES string of the molecule is CC(C)Cc1noc(CC2CSCCN2)n1. The van der Waals surface area contributed by atoms with Crippen LogP contribution in [-0.4, -0.2) is 34.2 Å². The molecule has 1 aromatic rings. The van der Waals surface area contributed by atoms with Gasteiger partial charge in [0.05, 0.1) is 0 Å². The molecule has 0 aromatic carbocycles. The first-order valence-electron chi connectivity index (χ1n) is 5.86. The summed E-state index contributed by atoms with van der Waals surface area (Å²) >= 11 is 1.99. The molecular formula is C11H19N3OS. The Bertz CT molecular complexity index is 321. The maximum Gasteiger partial charge on any atom is 0.228 e. The molecule has 1 atom stereocenters. The van der Waals surface area contributed by atoms with Crippen molar-refractivity contribution in [2.45, 2.75) is 32.7 Å². The van der Waals surface area contributed by atoms with Crippen molar-refractivity contribution in [3.8, 4) is 0 Å². The van der Waals surface area contributed by atoms with E-state index in [0.717, 1.165) is 36.9 Å². The van der Waals surface area contributed by atoms with Crippen LogP contribution < -0.4 is 5.32 Å². The van der Waals surface area contributed by atoms with Crippen LogP contribution in [0.2, 0.25) is 0 Å². The largest absolute Gasteiger partial charge is 0.339 e. The molecule has 5 heteroatoms. The summed E-state index contributed by atoms with van der Waals surface area (Å²) in [5.74, 6) is 4.54. The molecule has 0 radical (unpaired) electrons. The molecule has 0 aliphatic carbocycles. The molecule has 0 saturated carbocycles. The van der Waals surface area contributed by atoms with E-state index in [2.05, 4.69) is 29.3 Å². The van der Waals surface area contributed by atoms with E-state index in [0.29, 0.717) is 12.0 Å². The van der Waals surface area contributed by atoms with E-state index in [1.807, 2.05) is 11.8 Å². The van der Waals surface area contributed by atoms with Gasteiger partial charge in [0.2, 0.25) is 5.89 Å². The third kappa shape index (κ3) is 3.49. The Kier molecular flexibility index (Phi) is 4.23. The van der Waals surface area contributed by atoms with Gasteiger partial charge in [-0.25, -0.2) is 0 Å². The van der Waals surface area contributed by atoms with E-state index in [1.54, 1.807) is 0 Å². The molecule has 2 heterocycles. The fourth-order valence-electron chi connectivity index (χ4n) is 1.78. The van der Waals surface area contributed by atoms with Gasteiger partial charge in [-0.1, -0.05) is 19.0 Å². The van der Waals surface area contributed by atoms with Crippen molar-refractivity contribution in [1.29, 1.82) is 0 Å². The predicted molar refractivity (Wildman–Crippen MR) is 65.7 cm³/mol. The van der Waals surface area contributed by atoms with E-state index in [4.69, 9.17) is 4.52 Å². The minimum atomic E-state index is 0.492. The van der Waals surface area contributed by atoms with E-state index in [1.165, 1.54) is 5.75 Å². The van der Waals surface area contributed by atoms with Crippen molar-refractivity contribution in [3.63, 3.8) is 0 Å². The monoisotopic (exact) mass is 241 g/mol. The van der Waals surface area contributed by atoms with E-state index in [-0.39, 0.29) is 0 Å². The lowest BCUT2D eigenvalue weighted by molar-refractivity contribution is 0.357. The third-order valence-electron chi connectivity index (χ3n) is 2.52. The van der Waals surface area contributed by atoms with Crippen LogP contribution in [0, 0.1) is 5.92 Å². The van der Waals surface area contributed by atoms with E-state index in [9.17, 15) is 0 Å². The fraction of sp³-hybridized carbons (Fsp3) is 0.818. The van der Waals surface area contributed by atoms with Crippen LogP contribution in [0.15, 0.2) is 4.52 Å². The molecule has 0 spiro atoms. The average Bonchev–Trinajstić information content (AvgIpc) is 2.66. The van der Waals surface area contributed by atoms with Crippen molar-refractivity contribution < 1.29 is 4.52 Å². The summed E-state index contributed by atoms with van der Waals surface area (Å²) in [7, 11) is 0. The fourth-order valence-corrected chi connectivity index (χ4v) is 2.73. The van der Waals surface area contributed by atoms with Crippen molar-refractivity contribution in [3.05, 3.63) is 11.7 Å². The second kappa shape index (κ2) is 5.68. The van der Waals surface area contributed by atoms with Gasteiger partial charge in [0, 0.05) is 36.9 Å². The lowest BCUT2D eigenvalue weighted by atomic mass is 10.1. The summed E-state index contributed by atoms with van der Waals surface area (Å²) in [6.45, 7) is 5.41. The number of rotatable bonds is 4. The Morgan fingerprint density at radius 3 is 3.12 bits per heavy atom. The van der Waals surface area contributed by atoms with Gasteiger partial charge in [-0.15, -0.1) is 0 Å². The average molecular weight is 241 g/mol. The lowest BCUT2D eigenvalue weighted by Gasteiger charge is -2.21. The minimum Gasteiger partial charge on any atom is -0.339 e. The summed E-state index contributed by atoms with van der Waals surface area (Å²) in [6, 6.07) is 0.492. The highest BCUT2D eigenvalue weighted by Gasteiger charge is 2.17. The quantitative estimate of drug-likeness (QED) is 0.866. The maximum absolute atomic E-state index is 5.26. The van der Waals surface area contributed by atoms with Crippen LogP contribution >= 0.6 is 11.8 Å². The number of hydrogen-bond acceptors (Lipinski definition) is 5. The molecule has 0 amide bonds. The smallest absolute Gasteiger partial charge is 0.228 e. The van der Waals surface area contributed by atoms with Gasteiger partial charge in [0.15, 0.2) is 5.82 Å². The standard InChI is InChI=1S/C11H19N3OS/c1-8(2)5-10-13-11(15-14-10)6-9-7-16-4-3-12-9/h8-9,12H,3-7H2,1-2H3. The van der Waals surface area contributed by atoms with Gasteiger partial charge in [-0.2, -0.15) is 16.7 Å². The molecule has 0 bridgehead atoms. The molecule has 1 aromatic heterocycles. The van der Waals surface area contributed by atoms with E-state index >= 15 is 0 Å². The van der Waals surface area contributed by atoms with Crippen LogP contribution in [0.3, 0.4) is 0 Å². The van der Waals surface area contributed by atoms with Gasteiger partial charge in [0.1, 0.15) is 0 Å². The molecule has 1 N–H and O–H groups in total. The zero-order valence-electron chi connectivity index (χ0n) is 9.90. The Labute approximate surface area is 101 Å². The molecule has 1 fully saturated rings. The normalized spacial score (nSPS) is 21.6. The van der Waals surface area contributed by atoms with Gasteiger partial charge < -0.3 is 9.84 Å². The highest BCUT2D eigenvalue weighted by Crippen LogP contribution is 2.12. The Morgan fingerprint density at radius 2 is 2.44 bits per heavy atom. The van der Waals surface area contributed by atoms with Crippen molar-refractivity contribution in [2.24, 2.45) is 5.92 Å². The van der Waals surface area contributed by atoms with Gasteiger partial charge in [-0.3, -0.25) is 0 Å². The molecule has 1 aliphatic rings. The molecule has 1 saturated heterocycles. The van der Waals surface area contributed by atoms with E-state index < -0.39 is 0 Å². The van der Waals surface area contributed by atoms with Crippen LogP contribution in [0.4, 0.5) is 0 Å². The molecule has 1 unspecified atom stereocenters. The summed E-state index contributed by atoms with van der Waals surface area (Å²) < 4.78 is 5.26. The van der Waals surface area contributed by atoms with Gasteiger partial charge >= 0.3 is 0 Å². The van der Waals surface area contributed by atoms with Crippen LogP contribution in [-0.2, 0) is 12.8 Å². The van der Waals surface area contributed by atoms with Crippen molar-refractivity contribution >= 4 is 11.8 Å². The number of nitrogens with one attached hydrogen (secondary N) is 1. The van der Waals surface area contributed by atoms with Crippen LogP contribution in [0.25, 0.3) is 0 Å². The predicted octanol–water partition coefficient (Wildman–Crippen LogP) is 1.52. The zero-order chi connectivity index (χ0) is 11.4. The first-order chi connectivity index (χ1) is 7.74. The van der Waals surface area contributed by atoms with Gasteiger partial charge in [-0.05, 0) is 5.92 Å². The second-order valence-corrected chi connectivity index (χ2v) is 5.78. The third-order valence-corrected chi connectivity index (χ3v) is 3.65. The maximum atomic E-state index is 5.26. The number of hydrogen-bond donors (Lipinski definition) is 1. The number of aromatic nitrogens is 2. The minimum absolute atomic E-state index is 0.492. The summed E-state index contributed by atoms with van der Waals surface area (Å²) in [4.78, 5) is 4.42. The Balaban J connectivity index is 1.86. The molecule has 90 valence electrons. The Morgan fingerprint density at radius 1 is 1.56 bits per heavy atom. The first kappa shape index (κ1) is 11.9. The molecule has 4 nitrogen and oxygen atoms in total. The zero-order valence-corrected chi connectivity index (χ0v) is 10.7. The van der Waals surface area contributed by atoms with Crippen molar-refractivity contribution in [2.75, 3.05) is 18.1 Å². The molecule has 16 heavy (non-hydrogen) atoms. The number of nitrogens with zero attached hydrogens (tertiary/aromatic N) is 2. The first-order valence-corrected chi connectivity index (χ1v) is 7.02. The lowest BCUT2D eigenvalue weighted by Crippen LogP contribution is -2.38. The van der Waals surface area contributed by atoms with Crippen LogP contribution in [0.5, 0.6) is 0 Å². The summed E-state index contributed by atoms with van der Waals surface area (Å²) in [5, 5.41) is 7.47. The van der Waals surface area contributed by atoms with Crippen molar-refractivity contribution in [1.82, 2.24) is 15.5 Å². The Hall–Kier alpha value is -0.550. The number of thioether (sulfide) groups is 1. The van der Waals surface area contributed by atoms with Crippen LogP contribution in [0.1, 0.15) is 25.6 Å². The summed E-state index contributed by atoms with van der Waals surface area (Å²) in [5.41, 5.74) is 0. The van der Waals surface area contributed by atoms with Gasteiger partial charge in [0.25, 0.3) is 0 Å². The second-order valence-electron chi connectivity index (χ2n) is 4.63. The molecule has 2 rings (SSSR count). The molecule has 1 aliphatic heterocycles. The topological polar surface area (TPSA) is 51.0 Å².